The van der Waals surface area contributed by atoms with E-state index in [-0.39, 0.29) is 36.7 Å². The lowest BCUT2D eigenvalue weighted by molar-refractivity contribution is -0.150. The van der Waals surface area contributed by atoms with Gasteiger partial charge in [-0.1, -0.05) is 30.3 Å². The highest BCUT2D eigenvalue weighted by Crippen LogP contribution is 2.43. The number of amides is 2. The minimum atomic E-state index is -3.26. The van der Waals surface area contributed by atoms with E-state index in [1.54, 1.807) is 0 Å². The van der Waals surface area contributed by atoms with Gasteiger partial charge >= 0.3 is 0 Å². The molecule has 0 spiro atoms. The van der Waals surface area contributed by atoms with Gasteiger partial charge in [0.25, 0.3) is 5.91 Å². The third-order valence-electron chi connectivity index (χ3n) is 10.2. The molecule has 47 heavy (non-hydrogen) atoms. The highest BCUT2D eigenvalue weighted by Gasteiger charge is 2.49. The predicted octanol–water partition coefficient (Wildman–Crippen LogP) is 2.91. The van der Waals surface area contributed by atoms with Crippen molar-refractivity contribution in [2.45, 2.75) is 64.0 Å². The Morgan fingerprint density at radius 2 is 1.57 bits per heavy atom. The van der Waals surface area contributed by atoms with Gasteiger partial charge in [-0.25, -0.2) is 31.9 Å². The van der Waals surface area contributed by atoms with Crippen molar-refractivity contribution in [2.24, 2.45) is 17.8 Å². The second kappa shape index (κ2) is 13.3. The molecule has 1 aliphatic carbocycles. The van der Waals surface area contributed by atoms with Crippen LogP contribution in [0.5, 0.6) is 0 Å². The van der Waals surface area contributed by atoms with E-state index in [0.29, 0.717) is 80.2 Å². The van der Waals surface area contributed by atoms with Crippen molar-refractivity contribution >= 4 is 27.8 Å². The van der Waals surface area contributed by atoms with Crippen molar-refractivity contribution in [2.75, 3.05) is 57.0 Å². The summed E-state index contributed by atoms with van der Waals surface area (Å²) >= 11 is 0. The predicted molar refractivity (Wildman–Crippen MR) is 174 cm³/mol. The molecule has 0 radical (unpaired) electrons. The average molecular weight is 674 g/mol. The normalized spacial score (nSPS) is 24.2. The molecule has 3 saturated heterocycles. The second-order valence-corrected chi connectivity index (χ2v) is 15.7. The number of aryl methyl sites for hydroxylation is 2. The fraction of sp³-hybridized carbons (Fsp3) is 0.636. The molecule has 2 unspecified atom stereocenters. The molecule has 2 aromatic rings. The summed E-state index contributed by atoms with van der Waals surface area (Å²) in [6.45, 7) is 8.75. The lowest BCUT2D eigenvalue weighted by atomic mass is 9.80. The third-order valence-corrected chi connectivity index (χ3v) is 11.0. The molecule has 1 aromatic carbocycles. The van der Waals surface area contributed by atoms with Gasteiger partial charge in [-0.3, -0.25) is 9.59 Å². The molecule has 6 rings (SSSR count). The molecule has 2 amide bonds. The number of hydrogen-bond acceptors (Lipinski definition) is 8. The Hall–Kier alpha value is -3.23. The van der Waals surface area contributed by atoms with Crippen LogP contribution in [0.25, 0.3) is 0 Å². The third kappa shape index (κ3) is 7.92. The monoisotopic (exact) mass is 673 g/mol. The van der Waals surface area contributed by atoms with Crippen LogP contribution in [0.4, 0.5) is 14.7 Å². The minimum Gasteiger partial charge on any atom is -0.349 e. The maximum Gasteiger partial charge on any atom is 0.257 e. The number of rotatable bonds is 10. The van der Waals surface area contributed by atoms with Crippen molar-refractivity contribution in [3.8, 4) is 0 Å². The van der Waals surface area contributed by atoms with Crippen LogP contribution in [0.15, 0.2) is 30.3 Å². The summed E-state index contributed by atoms with van der Waals surface area (Å²) in [5, 5.41) is 3.04. The van der Waals surface area contributed by atoms with Crippen LogP contribution in [0.2, 0.25) is 0 Å². The van der Waals surface area contributed by atoms with Crippen LogP contribution in [0.1, 0.15) is 65.5 Å². The number of fused-ring (bicyclic) bond motifs is 1. The maximum atomic E-state index is 13.7. The van der Waals surface area contributed by atoms with Gasteiger partial charge in [0.1, 0.15) is 0 Å². The molecule has 3 atom stereocenters. The lowest BCUT2D eigenvalue weighted by Crippen LogP contribution is -2.46. The molecule has 11 nitrogen and oxygen atoms in total. The molecule has 2 N–H and O–H groups in total. The van der Waals surface area contributed by atoms with Crippen molar-refractivity contribution < 1.29 is 26.8 Å². The van der Waals surface area contributed by atoms with Gasteiger partial charge in [-0.2, -0.15) is 0 Å². The highest BCUT2D eigenvalue weighted by molar-refractivity contribution is 7.88. The average Bonchev–Trinajstić information content (AvgIpc) is 3.57. The summed E-state index contributed by atoms with van der Waals surface area (Å²) in [5.74, 6) is -2.45. The first-order valence-corrected chi connectivity index (χ1v) is 18.5. The Kier molecular flexibility index (Phi) is 9.56. The number of anilines is 1. The van der Waals surface area contributed by atoms with Gasteiger partial charge in [0.05, 0.1) is 29.2 Å². The van der Waals surface area contributed by atoms with E-state index >= 15 is 0 Å². The standard InChI is InChI=1S/C33H45F2N7O4S/c1-21-29(22(2)37-32(36-21)41-13-9-27(10-14-41)39-47(3,45)46)31(44)42-19-25-17-40(18-26(25)20-42)12-11-28(23-7-5-4-6-8-23)38-30(43)24-15-33(34,35)16-24/h4-8,24-28,39H,9-20H2,1-3H3,(H,38,43)/t25-,26?,28?/m0/s1. The minimum absolute atomic E-state index is 0.0445. The number of nitrogens with one attached hydrogen (secondary N) is 2. The van der Waals surface area contributed by atoms with Crippen molar-refractivity contribution in [1.29, 1.82) is 0 Å². The van der Waals surface area contributed by atoms with Crippen LogP contribution >= 0.6 is 0 Å². The molecular weight excluding hydrogens is 628 g/mol. The molecule has 4 heterocycles. The first kappa shape index (κ1) is 33.7. The van der Waals surface area contributed by atoms with Gasteiger partial charge in [0.15, 0.2) is 0 Å². The van der Waals surface area contributed by atoms with E-state index in [0.717, 1.165) is 25.2 Å². The van der Waals surface area contributed by atoms with Crippen LogP contribution in [-0.2, 0) is 14.8 Å². The molecule has 4 aliphatic rings. The van der Waals surface area contributed by atoms with Crippen molar-refractivity contribution in [1.82, 2.24) is 29.8 Å². The zero-order valence-electron chi connectivity index (χ0n) is 27.3. The van der Waals surface area contributed by atoms with Crippen molar-refractivity contribution in [3.63, 3.8) is 0 Å². The van der Waals surface area contributed by atoms with Crippen molar-refractivity contribution in [3.05, 3.63) is 52.8 Å². The van der Waals surface area contributed by atoms with Crippen LogP contribution < -0.4 is 14.9 Å². The number of sulfonamides is 1. The largest absolute Gasteiger partial charge is 0.349 e. The van der Waals surface area contributed by atoms with E-state index in [2.05, 4.69) is 14.9 Å². The SMILES string of the molecule is Cc1nc(N2CCC(NS(C)(=O)=O)CC2)nc(C)c1C(=O)N1CC2CN(CCC(NC(=O)C3CC(F)(F)C3)c3ccccc3)C[C@H]2C1. The van der Waals surface area contributed by atoms with Crippen LogP contribution in [0, 0.1) is 31.6 Å². The smallest absolute Gasteiger partial charge is 0.257 e. The van der Waals surface area contributed by atoms with E-state index in [1.165, 1.54) is 6.26 Å². The summed E-state index contributed by atoms with van der Waals surface area (Å²) in [5.41, 5.74) is 2.81. The number of piperidine rings is 1. The Labute approximate surface area is 275 Å². The Bertz CT molecular complexity index is 1540. The van der Waals surface area contributed by atoms with Gasteiger partial charge in [0.2, 0.25) is 27.8 Å². The first-order chi connectivity index (χ1) is 22.2. The summed E-state index contributed by atoms with van der Waals surface area (Å²) in [6, 6.07) is 9.33. The fourth-order valence-electron chi connectivity index (χ4n) is 7.70. The Morgan fingerprint density at radius 3 is 2.13 bits per heavy atom. The number of alkyl halides is 2. The molecule has 0 bridgehead atoms. The molecule has 1 saturated carbocycles. The Morgan fingerprint density at radius 1 is 0.979 bits per heavy atom. The van der Waals surface area contributed by atoms with E-state index in [1.807, 2.05) is 54.0 Å². The first-order valence-electron chi connectivity index (χ1n) is 16.6. The number of carbonyl (C=O) groups is 2. The number of benzene rings is 1. The van der Waals surface area contributed by atoms with E-state index < -0.39 is 21.9 Å². The Balaban J connectivity index is 1.01. The molecule has 14 heteroatoms. The number of nitrogens with zero attached hydrogens (tertiary/aromatic N) is 5. The number of likely N-dealkylation sites (tertiary alicyclic amines) is 2. The zero-order valence-corrected chi connectivity index (χ0v) is 28.1. The highest BCUT2D eigenvalue weighted by atomic mass is 32.2. The van der Waals surface area contributed by atoms with Gasteiger partial charge in [-0.05, 0) is 50.5 Å². The summed E-state index contributed by atoms with van der Waals surface area (Å²) < 4.78 is 52.6. The van der Waals surface area contributed by atoms with Gasteiger partial charge < -0.3 is 20.0 Å². The van der Waals surface area contributed by atoms with E-state index in [4.69, 9.17) is 9.97 Å². The summed E-state index contributed by atoms with van der Waals surface area (Å²) in [6.07, 6.45) is 2.40. The zero-order chi connectivity index (χ0) is 33.5. The summed E-state index contributed by atoms with van der Waals surface area (Å²) in [4.78, 5) is 42.2. The molecule has 1 aromatic heterocycles. The number of carbonyl (C=O) groups excluding carboxylic acids is 2. The topological polar surface area (TPSA) is 128 Å². The lowest BCUT2D eigenvalue weighted by Gasteiger charge is -2.35. The van der Waals surface area contributed by atoms with Crippen LogP contribution in [0.3, 0.4) is 0 Å². The molecule has 4 fully saturated rings. The van der Waals surface area contributed by atoms with Gasteiger partial charge in [-0.15, -0.1) is 0 Å². The second-order valence-electron chi connectivity index (χ2n) is 13.9. The summed E-state index contributed by atoms with van der Waals surface area (Å²) in [7, 11) is -3.26. The fourth-order valence-corrected chi connectivity index (χ4v) is 8.54. The number of hydrogen-bond donors (Lipinski definition) is 2. The quantitative estimate of drug-likeness (QED) is 0.395. The number of halogens is 2. The van der Waals surface area contributed by atoms with E-state index in [9.17, 15) is 26.8 Å². The van der Waals surface area contributed by atoms with Crippen LogP contribution in [-0.4, -0.2) is 104 Å². The maximum absolute atomic E-state index is 13.7. The molecule has 3 aliphatic heterocycles. The molecule has 256 valence electrons. The number of aromatic nitrogens is 2. The van der Waals surface area contributed by atoms with Gasteiger partial charge in [0, 0.05) is 70.6 Å². The molecular formula is C33H45F2N7O4S.